The highest BCUT2D eigenvalue weighted by Gasteiger charge is 2.24. The molecule has 31 heavy (non-hydrogen) atoms. The van der Waals surface area contributed by atoms with Gasteiger partial charge in [-0.3, -0.25) is 9.59 Å². The van der Waals surface area contributed by atoms with Crippen molar-refractivity contribution in [2.75, 3.05) is 13.2 Å². The van der Waals surface area contributed by atoms with Gasteiger partial charge in [-0.25, -0.2) is 4.79 Å². The number of carbonyl (C=O) groups excluding carboxylic acids is 3. The summed E-state index contributed by atoms with van der Waals surface area (Å²) in [4.78, 5) is 39.8. The Morgan fingerprint density at radius 2 is 1.74 bits per heavy atom. The van der Waals surface area contributed by atoms with E-state index in [4.69, 9.17) is 9.47 Å². The number of H-pyrrole nitrogens is 1. The average Bonchev–Trinajstić information content (AvgIpc) is 3.19. The van der Waals surface area contributed by atoms with Gasteiger partial charge >= 0.3 is 12.1 Å². The van der Waals surface area contributed by atoms with E-state index in [1.165, 1.54) is 0 Å². The molecule has 2 amide bonds. The number of benzene rings is 2. The number of carbonyl (C=O) groups is 3. The third kappa shape index (κ3) is 6.33. The molecule has 0 aliphatic heterocycles. The Bertz CT molecular complexity index is 1030. The fourth-order valence-electron chi connectivity index (χ4n) is 3.13. The first-order valence-electron chi connectivity index (χ1n) is 10.0. The number of aromatic amines is 1. The van der Waals surface area contributed by atoms with Crippen molar-refractivity contribution in [3.05, 3.63) is 71.9 Å². The normalized spacial score (nSPS) is 11.5. The van der Waals surface area contributed by atoms with Crippen LogP contribution >= 0.6 is 0 Å². The number of rotatable bonds is 9. The standard InChI is InChI=1S/C23H25N3O5/c1-2-30-21(27)14-25-22(28)20(12-17-13-24-19-11-7-6-10-18(17)19)26-23(29)31-15-16-8-4-3-5-9-16/h3-11,13,20,24H,2,12,14-15H2,1H3,(H,25,28)(H,26,29)/t20-/m0/s1. The Labute approximate surface area is 179 Å². The van der Waals surface area contributed by atoms with Gasteiger partial charge in [0.2, 0.25) is 5.91 Å². The molecule has 0 saturated heterocycles. The molecule has 8 nitrogen and oxygen atoms in total. The summed E-state index contributed by atoms with van der Waals surface area (Å²) in [5.74, 6) is -1.05. The quantitative estimate of drug-likeness (QED) is 0.459. The van der Waals surface area contributed by atoms with Crippen LogP contribution in [0.25, 0.3) is 10.9 Å². The zero-order valence-corrected chi connectivity index (χ0v) is 17.2. The number of para-hydroxylation sites is 1. The number of aromatic nitrogens is 1. The molecule has 1 heterocycles. The van der Waals surface area contributed by atoms with Gasteiger partial charge in [0.25, 0.3) is 0 Å². The van der Waals surface area contributed by atoms with Gasteiger partial charge in [-0.15, -0.1) is 0 Å². The molecule has 1 atom stereocenters. The van der Waals surface area contributed by atoms with Crippen molar-refractivity contribution >= 4 is 28.9 Å². The van der Waals surface area contributed by atoms with Crippen molar-refractivity contribution in [1.29, 1.82) is 0 Å². The molecular weight excluding hydrogens is 398 g/mol. The maximum atomic E-state index is 12.7. The maximum Gasteiger partial charge on any atom is 0.408 e. The first-order chi connectivity index (χ1) is 15.1. The van der Waals surface area contributed by atoms with E-state index in [1.807, 2.05) is 54.6 Å². The summed E-state index contributed by atoms with van der Waals surface area (Å²) < 4.78 is 10.1. The van der Waals surface area contributed by atoms with Gasteiger partial charge in [0.05, 0.1) is 6.61 Å². The predicted molar refractivity (Wildman–Crippen MR) is 115 cm³/mol. The van der Waals surface area contributed by atoms with E-state index in [0.29, 0.717) is 0 Å². The molecule has 2 aromatic carbocycles. The molecule has 0 bridgehead atoms. The van der Waals surface area contributed by atoms with E-state index in [9.17, 15) is 14.4 Å². The lowest BCUT2D eigenvalue weighted by Crippen LogP contribution is -2.49. The van der Waals surface area contributed by atoms with Gasteiger partial charge in [0.1, 0.15) is 19.2 Å². The topological polar surface area (TPSA) is 110 Å². The molecule has 0 spiro atoms. The van der Waals surface area contributed by atoms with Crippen molar-refractivity contribution in [2.45, 2.75) is 26.0 Å². The zero-order valence-electron chi connectivity index (χ0n) is 17.2. The van der Waals surface area contributed by atoms with Crippen LogP contribution in [-0.2, 0) is 32.1 Å². The van der Waals surface area contributed by atoms with Crippen LogP contribution in [0.4, 0.5) is 4.79 Å². The number of ether oxygens (including phenoxy) is 2. The Morgan fingerprint density at radius 1 is 1.00 bits per heavy atom. The van der Waals surface area contributed by atoms with E-state index < -0.39 is 24.0 Å². The first kappa shape index (κ1) is 21.9. The van der Waals surface area contributed by atoms with Crippen LogP contribution in [0.3, 0.4) is 0 Å². The van der Waals surface area contributed by atoms with E-state index in [1.54, 1.807) is 13.1 Å². The molecule has 0 saturated carbocycles. The summed E-state index contributed by atoms with van der Waals surface area (Å²) in [5.41, 5.74) is 2.61. The molecular formula is C23H25N3O5. The minimum absolute atomic E-state index is 0.0803. The minimum Gasteiger partial charge on any atom is -0.465 e. The Morgan fingerprint density at radius 3 is 2.52 bits per heavy atom. The highest BCUT2D eigenvalue weighted by Crippen LogP contribution is 2.19. The summed E-state index contributed by atoms with van der Waals surface area (Å²) in [7, 11) is 0. The van der Waals surface area contributed by atoms with Gasteiger partial charge in [-0.05, 0) is 24.1 Å². The Kier molecular flexibility index (Phi) is 7.64. The first-order valence-corrected chi connectivity index (χ1v) is 10.0. The van der Waals surface area contributed by atoms with Crippen LogP contribution in [0.15, 0.2) is 60.8 Å². The molecule has 0 aliphatic rings. The van der Waals surface area contributed by atoms with Crippen molar-refractivity contribution in [1.82, 2.24) is 15.6 Å². The van der Waals surface area contributed by atoms with Crippen LogP contribution < -0.4 is 10.6 Å². The van der Waals surface area contributed by atoms with Gasteiger partial charge in [-0.2, -0.15) is 0 Å². The number of hydrogen-bond donors (Lipinski definition) is 3. The van der Waals surface area contributed by atoms with Crippen LogP contribution in [0.5, 0.6) is 0 Å². The fraction of sp³-hybridized carbons (Fsp3) is 0.261. The Balaban J connectivity index is 1.67. The molecule has 162 valence electrons. The smallest absolute Gasteiger partial charge is 0.408 e. The summed E-state index contributed by atoms with van der Waals surface area (Å²) >= 11 is 0. The zero-order chi connectivity index (χ0) is 22.1. The SMILES string of the molecule is CCOC(=O)CNC(=O)[C@H](Cc1c[nH]c2ccccc12)NC(=O)OCc1ccccc1. The molecule has 0 unspecified atom stereocenters. The molecule has 0 radical (unpaired) electrons. The number of nitrogens with one attached hydrogen (secondary N) is 3. The van der Waals surface area contributed by atoms with Crippen LogP contribution in [0.2, 0.25) is 0 Å². The van der Waals surface area contributed by atoms with Crippen LogP contribution in [0, 0.1) is 0 Å². The van der Waals surface area contributed by atoms with Crippen molar-refractivity contribution in [3.8, 4) is 0 Å². The highest BCUT2D eigenvalue weighted by atomic mass is 16.5. The molecule has 1 aromatic heterocycles. The van der Waals surface area contributed by atoms with Gasteiger partial charge in [-0.1, -0.05) is 48.5 Å². The number of alkyl carbamates (subject to hydrolysis) is 1. The molecule has 0 aliphatic carbocycles. The van der Waals surface area contributed by atoms with Gasteiger partial charge in [0, 0.05) is 23.5 Å². The summed E-state index contributed by atoms with van der Waals surface area (Å²) in [6.07, 6.45) is 1.30. The van der Waals surface area contributed by atoms with Crippen molar-refractivity contribution in [2.24, 2.45) is 0 Å². The number of hydrogen-bond acceptors (Lipinski definition) is 5. The highest BCUT2D eigenvalue weighted by molar-refractivity contribution is 5.90. The predicted octanol–water partition coefficient (Wildman–Crippen LogP) is 2.68. The number of fused-ring (bicyclic) bond motifs is 1. The second-order valence-corrected chi connectivity index (χ2v) is 6.85. The molecule has 3 N–H and O–H groups in total. The second-order valence-electron chi connectivity index (χ2n) is 6.85. The Hall–Kier alpha value is -3.81. The van der Waals surface area contributed by atoms with Crippen molar-refractivity contribution < 1.29 is 23.9 Å². The summed E-state index contributed by atoms with van der Waals surface area (Å²) in [6, 6.07) is 16.0. The van der Waals surface area contributed by atoms with Gasteiger partial charge in [0.15, 0.2) is 0 Å². The summed E-state index contributed by atoms with van der Waals surface area (Å²) in [5, 5.41) is 6.07. The second kappa shape index (κ2) is 10.8. The minimum atomic E-state index is -0.933. The average molecular weight is 423 g/mol. The molecule has 3 aromatic rings. The van der Waals surface area contributed by atoms with Crippen LogP contribution in [-0.4, -0.2) is 42.1 Å². The number of esters is 1. The lowest BCUT2D eigenvalue weighted by Gasteiger charge is -2.18. The summed E-state index contributed by atoms with van der Waals surface area (Å²) in [6.45, 7) is 1.70. The van der Waals surface area contributed by atoms with E-state index in [-0.39, 0.29) is 26.2 Å². The lowest BCUT2D eigenvalue weighted by molar-refractivity contribution is -0.143. The van der Waals surface area contributed by atoms with Gasteiger partial charge < -0.3 is 25.1 Å². The fourth-order valence-corrected chi connectivity index (χ4v) is 3.13. The largest absolute Gasteiger partial charge is 0.465 e. The van der Waals surface area contributed by atoms with E-state index >= 15 is 0 Å². The monoisotopic (exact) mass is 423 g/mol. The lowest BCUT2D eigenvalue weighted by atomic mass is 10.0. The van der Waals surface area contributed by atoms with E-state index in [2.05, 4.69) is 15.6 Å². The van der Waals surface area contributed by atoms with E-state index in [0.717, 1.165) is 22.0 Å². The molecule has 3 rings (SSSR count). The maximum absolute atomic E-state index is 12.7. The van der Waals surface area contributed by atoms with Crippen LogP contribution in [0.1, 0.15) is 18.1 Å². The third-order valence-electron chi connectivity index (χ3n) is 4.63. The molecule has 0 fully saturated rings. The molecule has 8 heteroatoms. The van der Waals surface area contributed by atoms with Crippen molar-refractivity contribution in [3.63, 3.8) is 0 Å². The third-order valence-corrected chi connectivity index (χ3v) is 4.63. The number of amides is 2.